The standard InChI is InChI=1S/C18H22FN3O2/c1-12(2)16(10-14-5-7-15(19)8-6-14)20-17(23)11-22-18(24)9-4-13(3)21-22/h4-9,12,16H,10-11H2,1-3H3,(H,20,23). The van der Waals surface area contributed by atoms with E-state index in [9.17, 15) is 14.0 Å². The number of hydrogen-bond donors (Lipinski definition) is 1. The van der Waals surface area contributed by atoms with E-state index in [1.165, 1.54) is 18.2 Å². The van der Waals surface area contributed by atoms with Crippen LogP contribution >= 0.6 is 0 Å². The van der Waals surface area contributed by atoms with Gasteiger partial charge in [0.2, 0.25) is 5.91 Å². The van der Waals surface area contributed by atoms with Crippen molar-refractivity contribution in [2.75, 3.05) is 0 Å². The molecule has 24 heavy (non-hydrogen) atoms. The minimum atomic E-state index is -0.310. The molecule has 0 aliphatic rings. The normalized spacial score (nSPS) is 12.2. The Kier molecular flexibility index (Phi) is 5.84. The highest BCUT2D eigenvalue weighted by atomic mass is 19.1. The van der Waals surface area contributed by atoms with Gasteiger partial charge in [-0.15, -0.1) is 0 Å². The molecule has 0 saturated heterocycles. The van der Waals surface area contributed by atoms with Crippen molar-refractivity contribution >= 4 is 5.91 Å². The van der Waals surface area contributed by atoms with Gasteiger partial charge >= 0.3 is 0 Å². The van der Waals surface area contributed by atoms with Crippen LogP contribution in [0.5, 0.6) is 0 Å². The first-order valence-corrected chi connectivity index (χ1v) is 7.93. The number of carbonyl (C=O) groups excluding carboxylic acids is 1. The third-order valence-corrected chi connectivity index (χ3v) is 3.81. The minimum Gasteiger partial charge on any atom is -0.351 e. The summed E-state index contributed by atoms with van der Waals surface area (Å²) in [6.07, 6.45) is 0.597. The predicted molar refractivity (Wildman–Crippen MR) is 90.1 cm³/mol. The third kappa shape index (κ3) is 5.01. The first-order chi connectivity index (χ1) is 11.3. The predicted octanol–water partition coefficient (Wildman–Crippen LogP) is 2.07. The number of hydrogen-bond acceptors (Lipinski definition) is 3. The van der Waals surface area contributed by atoms with E-state index in [1.807, 2.05) is 13.8 Å². The van der Waals surface area contributed by atoms with Gasteiger partial charge in [0.05, 0.1) is 5.69 Å². The van der Waals surface area contributed by atoms with Crippen LogP contribution in [0.3, 0.4) is 0 Å². The lowest BCUT2D eigenvalue weighted by Gasteiger charge is -2.22. The summed E-state index contributed by atoms with van der Waals surface area (Å²) in [6, 6.07) is 9.14. The molecule has 1 aromatic heterocycles. The van der Waals surface area contributed by atoms with Crippen molar-refractivity contribution in [1.29, 1.82) is 0 Å². The molecule has 128 valence electrons. The molecule has 0 radical (unpaired) electrons. The molecule has 2 rings (SSSR count). The Morgan fingerprint density at radius 3 is 2.50 bits per heavy atom. The van der Waals surface area contributed by atoms with Gasteiger partial charge in [0.1, 0.15) is 12.4 Å². The smallest absolute Gasteiger partial charge is 0.267 e. The van der Waals surface area contributed by atoms with E-state index < -0.39 is 0 Å². The molecule has 1 N–H and O–H groups in total. The highest BCUT2D eigenvalue weighted by Crippen LogP contribution is 2.11. The Balaban J connectivity index is 2.04. The minimum absolute atomic E-state index is 0.108. The van der Waals surface area contributed by atoms with Crippen LogP contribution < -0.4 is 10.9 Å². The highest BCUT2D eigenvalue weighted by Gasteiger charge is 2.17. The van der Waals surface area contributed by atoms with E-state index in [0.29, 0.717) is 12.1 Å². The summed E-state index contributed by atoms with van der Waals surface area (Å²) >= 11 is 0. The summed E-state index contributed by atoms with van der Waals surface area (Å²) in [7, 11) is 0. The maximum atomic E-state index is 13.0. The molecule has 1 amide bonds. The van der Waals surface area contributed by atoms with Crippen LogP contribution in [0.1, 0.15) is 25.1 Å². The Hall–Kier alpha value is -2.50. The van der Waals surface area contributed by atoms with Crippen LogP contribution in [0.2, 0.25) is 0 Å². The fraction of sp³-hybridized carbons (Fsp3) is 0.389. The zero-order chi connectivity index (χ0) is 17.7. The van der Waals surface area contributed by atoms with Gasteiger partial charge in [-0.1, -0.05) is 26.0 Å². The first kappa shape index (κ1) is 17.8. The zero-order valence-corrected chi connectivity index (χ0v) is 14.1. The van der Waals surface area contributed by atoms with Gasteiger partial charge in [-0.05, 0) is 43.0 Å². The number of aryl methyl sites for hydroxylation is 1. The number of aromatic nitrogens is 2. The van der Waals surface area contributed by atoms with Crippen molar-refractivity contribution in [3.63, 3.8) is 0 Å². The van der Waals surface area contributed by atoms with Crippen molar-refractivity contribution in [2.45, 2.75) is 39.8 Å². The van der Waals surface area contributed by atoms with Gasteiger partial charge in [0.15, 0.2) is 0 Å². The summed E-state index contributed by atoms with van der Waals surface area (Å²) < 4.78 is 14.1. The van der Waals surface area contributed by atoms with Gasteiger partial charge in [-0.2, -0.15) is 5.10 Å². The summed E-state index contributed by atoms with van der Waals surface area (Å²) in [6.45, 7) is 5.66. The molecule has 1 unspecified atom stereocenters. The molecule has 1 aromatic carbocycles. The lowest BCUT2D eigenvalue weighted by Crippen LogP contribution is -2.43. The molecule has 1 atom stereocenters. The number of nitrogens with zero attached hydrogens (tertiary/aromatic N) is 2. The maximum Gasteiger partial charge on any atom is 0.267 e. The summed E-state index contributed by atoms with van der Waals surface area (Å²) in [5.74, 6) is -0.356. The molecular weight excluding hydrogens is 309 g/mol. The molecule has 0 saturated carbocycles. The van der Waals surface area contributed by atoms with E-state index >= 15 is 0 Å². The van der Waals surface area contributed by atoms with E-state index in [0.717, 1.165) is 10.2 Å². The van der Waals surface area contributed by atoms with Crippen LogP contribution in [0.4, 0.5) is 4.39 Å². The van der Waals surface area contributed by atoms with Crippen LogP contribution in [0, 0.1) is 18.7 Å². The van der Waals surface area contributed by atoms with E-state index in [4.69, 9.17) is 0 Å². The molecule has 0 aliphatic carbocycles. The van der Waals surface area contributed by atoms with Gasteiger partial charge in [-0.25, -0.2) is 9.07 Å². The highest BCUT2D eigenvalue weighted by molar-refractivity contribution is 5.76. The maximum absolute atomic E-state index is 13.0. The zero-order valence-electron chi connectivity index (χ0n) is 14.1. The summed E-state index contributed by atoms with van der Waals surface area (Å²) in [5, 5.41) is 7.00. The van der Waals surface area contributed by atoms with Crippen molar-refractivity contribution in [1.82, 2.24) is 15.1 Å². The Bertz CT molecular complexity index is 754. The van der Waals surface area contributed by atoms with Crippen molar-refractivity contribution in [2.24, 2.45) is 5.92 Å². The van der Waals surface area contributed by atoms with Crippen molar-refractivity contribution < 1.29 is 9.18 Å². The van der Waals surface area contributed by atoms with E-state index in [2.05, 4.69) is 10.4 Å². The largest absolute Gasteiger partial charge is 0.351 e. The van der Waals surface area contributed by atoms with Gasteiger partial charge < -0.3 is 5.32 Å². The van der Waals surface area contributed by atoms with Crippen LogP contribution in [-0.4, -0.2) is 21.7 Å². The SMILES string of the molecule is Cc1ccc(=O)n(CC(=O)NC(Cc2ccc(F)cc2)C(C)C)n1. The molecule has 5 nitrogen and oxygen atoms in total. The lowest BCUT2D eigenvalue weighted by molar-refractivity contribution is -0.122. The van der Waals surface area contributed by atoms with E-state index in [1.54, 1.807) is 25.1 Å². The molecule has 1 heterocycles. The quantitative estimate of drug-likeness (QED) is 0.881. The van der Waals surface area contributed by atoms with E-state index in [-0.39, 0.29) is 35.8 Å². The number of rotatable bonds is 6. The number of benzene rings is 1. The molecule has 0 fully saturated rings. The van der Waals surface area contributed by atoms with Crippen molar-refractivity contribution in [3.8, 4) is 0 Å². The second-order valence-corrected chi connectivity index (χ2v) is 6.22. The van der Waals surface area contributed by atoms with Gasteiger partial charge in [0.25, 0.3) is 5.56 Å². The molecular formula is C18H22FN3O2. The second kappa shape index (κ2) is 7.86. The molecule has 0 aliphatic heterocycles. The average molecular weight is 331 g/mol. The fourth-order valence-corrected chi connectivity index (χ4v) is 2.38. The Morgan fingerprint density at radius 2 is 1.88 bits per heavy atom. The average Bonchev–Trinajstić information content (AvgIpc) is 2.52. The molecule has 0 spiro atoms. The topological polar surface area (TPSA) is 64.0 Å². The van der Waals surface area contributed by atoms with Gasteiger partial charge in [0, 0.05) is 12.1 Å². The van der Waals surface area contributed by atoms with Crippen LogP contribution in [-0.2, 0) is 17.8 Å². The van der Waals surface area contributed by atoms with Crippen molar-refractivity contribution in [3.05, 3.63) is 63.8 Å². The summed E-state index contributed by atoms with van der Waals surface area (Å²) in [4.78, 5) is 24.0. The van der Waals surface area contributed by atoms with Gasteiger partial charge in [-0.3, -0.25) is 9.59 Å². The molecule has 2 aromatic rings. The number of nitrogens with one attached hydrogen (secondary N) is 1. The van der Waals surface area contributed by atoms with Crippen LogP contribution in [0.15, 0.2) is 41.2 Å². The monoisotopic (exact) mass is 331 g/mol. The Morgan fingerprint density at radius 1 is 1.21 bits per heavy atom. The second-order valence-electron chi connectivity index (χ2n) is 6.22. The number of carbonyl (C=O) groups is 1. The first-order valence-electron chi connectivity index (χ1n) is 7.93. The van der Waals surface area contributed by atoms with Crippen LogP contribution in [0.25, 0.3) is 0 Å². The molecule has 0 bridgehead atoms. The third-order valence-electron chi connectivity index (χ3n) is 3.81. The fourth-order valence-electron chi connectivity index (χ4n) is 2.38. The molecule has 6 heteroatoms. The Labute approximate surface area is 140 Å². The summed E-state index contributed by atoms with van der Waals surface area (Å²) in [5.41, 5.74) is 1.31. The lowest BCUT2D eigenvalue weighted by atomic mass is 9.96. The number of halogens is 1. The number of amides is 1.